The summed E-state index contributed by atoms with van der Waals surface area (Å²) < 4.78 is 0. The zero-order valence-electron chi connectivity index (χ0n) is 4.59. The van der Waals surface area contributed by atoms with Crippen LogP contribution in [-0.2, 0) is 0 Å². The van der Waals surface area contributed by atoms with Crippen LogP contribution in [0.25, 0.3) is 0 Å². The van der Waals surface area contributed by atoms with Gasteiger partial charge in [0, 0.05) is 6.20 Å². The molecule has 9 heavy (non-hydrogen) atoms. The molecular weight excluding hydrogens is 138 g/mol. The van der Waals surface area contributed by atoms with Crippen LogP contribution in [0.15, 0.2) is 23.3 Å². The van der Waals surface area contributed by atoms with Gasteiger partial charge in [-0.2, -0.15) is 4.99 Å². The molecule has 48 valence electrons. The Morgan fingerprint density at radius 3 is 2.89 bits per heavy atom. The number of aromatic amines is 1. The fraction of sp³-hybridized carbons (Fsp3) is 0. The Kier molecular flexibility index (Phi) is 3.44. The SMILES string of the molecule is Cl.N=C=Nc1ccc[nH]1. The van der Waals surface area contributed by atoms with Crippen molar-refractivity contribution in [1.82, 2.24) is 4.98 Å². The van der Waals surface area contributed by atoms with Crippen molar-refractivity contribution in [2.45, 2.75) is 0 Å². The van der Waals surface area contributed by atoms with E-state index in [4.69, 9.17) is 5.41 Å². The molecular formula is C5H6ClN3. The number of nitrogens with one attached hydrogen (secondary N) is 2. The number of nitrogens with zero attached hydrogens (tertiary/aromatic N) is 1. The summed E-state index contributed by atoms with van der Waals surface area (Å²) in [5.74, 6) is 0.667. The van der Waals surface area contributed by atoms with E-state index >= 15 is 0 Å². The fourth-order valence-electron chi connectivity index (χ4n) is 0.451. The first-order chi connectivity index (χ1) is 3.93. The lowest BCUT2D eigenvalue weighted by Crippen LogP contribution is -1.55. The zero-order valence-corrected chi connectivity index (χ0v) is 5.40. The summed E-state index contributed by atoms with van der Waals surface area (Å²) in [6.07, 6.45) is 1.75. The van der Waals surface area contributed by atoms with Gasteiger partial charge in [-0.15, -0.1) is 12.4 Å². The van der Waals surface area contributed by atoms with Crippen LogP contribution in [0.1, 0.15) is 0 Å². The van der Waals surface area contributed by atoms with E-state index in [1.807, 2.05) is 12.1 Å². The number of hydrogen-bond donors (Lipinski definition) is 2. The van der Waals surface area contributed by atoms with Gasteiger partial charge in [-0.25, -0.2) is 5.41 Å². The summed E-state index contributed by atoms with van der Waals surface area (Å²) in [6.45, 7) is 0. The maximum atomic E-state index is 6.44. The molecule has 0 aliphatic heterocycles. The van der Waals surface area contributed by atoms with Gasteiger partial charge >= 0.3 is 0 Å². The number of aliphatic imine (C=N–C) groups is 1. The lowest BCUT2D eigenvalue weighted by atomic mass is 10.6. The molecule has 0 amide bonds. The molecule has 0 aliphatic rings. The van der Waals surface area contributed by atoms with Crippen LogP contribution in [-0.4, -0.2) is 11.0 Å². The Hall–Kier alpha value is -1.05. The highest BCUT2D eigenvalue weighted by Crippen LogP contribution is 2.02. The maximum absolute atomic E-state index is 6.44. The number of halogens is 1. The molecule has 0 aromatic carbocycles. The predicted molar refractivity (Wildman–Crippen MR) is 37.9 cm³/mol. The molecule has 4 heteroatoms. The van der Waals surface area contributed by atoms with Gasteiger partial charge in [-0.1, -0.05) is 0 Å². The summed E-state index contributed by atoms with van der Waals surface area (Å²) in [5, 5.41) is 6.44. The van der Waals surface area contributed by atoms with E-state index in [0.717, 1.165) is 0 Å². The first kappa shape index (κ1) is 7.95. The highest BCUT2D eigenvalue weighted by Gasteiger charge is 1.80. The van der Waals surface area contributed by atoms with Crippen LogP contribution >= 0.6 is 12.4 Å². The second-order valence-electron chi connectivity index (χ2n) is 1.28. The summed E-state index contributed by atoms with van der Waals surface area (Å²) in [7, 11) is 0. The maximum Gasteiger partial charge on any atom is 0.141 e. The van der Waals surface area contributed by atoms with E-state index in [0.29, 0.717) is 5.82 Å². The zero-order chi connectivity index (χ0) is 5.82. The van der Waals surface area contributed by atoms with Crippen molar-refractivity contribution in [1.29, 1.82) is 5.41 Å². The summed E-state index contributed by atoms with van der Waals surface area (Å²) in [6, 6.07) is 5.49. The second kappa shape index (κ2) is 3.89. The monoisotopic (exact) mass is 143 g/mol. The van der Waals surface area contributed by atoms with E-state index in [1.54, 1.807) is 12.3 Å². The van der Waals surface area contributed by atoms with E-state index in [2.05, 4.69) is 9.98 Å². The molecule has 0 atom stereocenters. The third-order valence-electron chi connectivity index (χ3n) is 0.758. The molecule has 1 aromatic rings. The molecule has 0 spiro atoms. The molecule has 2 N–H and O–H groups in total. The average Bonchev–Trinajstić information content (AvgIpc) is 2.19. The third-order valence-corrected chi connectivity index (χ3v) is 0.758. The minimum Gasteiger partial charge on any atom is -0.346 e. The lowest BCUT2D eigenvalue weighted by molar-refractivity contribution is 1.34. The number of rotatable bonds is 1. The molecule has 0 bridgehead atoms. The molecule has 0 fully saturated rings. The van der Waals surface area contributed by atoms with Crippen molar-refractivity contribution in [2.24, 2.45) is 4.99 Å². The summed E-state index contributed by atoms with van der Waals surface area (Å²) in [4.78, 5) is 6.32. The molecule has 1 heterocycles. The van der Waals surface area contributed by atoms with Crippen LogP contribution in [0.3, 0.4) is 0 Å². The lowest BCUT2D eigenvalue weighted by Gasteiger charge is -1.73. The van der Waals surface area contributed by atoms with E-state index in [9.17, 15) is 0 Å². The first-order valence-electron chi connectivity index (χ1n) is 2.19. The van der Waals surface area contributed by atoms with Gasteiger partial charge in [0.2, 0.25) is 0 Å². The Balaban J connectivity index is 0.000000640. The van der Waals surface area contributed by atoms with Crippen molar-refractivity contribution in [3.05, 3.63) is 18.3 Å². The second-order valence-corrected chi connectivity index (χ2v) is 1.28. The standard InChI is InChI=1S/C5H5N3.ClH/c6-4-8-5-2-1-3-7-5;/h1-3,6-7H;1H. The highest BCUT2D eigenvalue weighted by molar-refractivity contribution is 5.85. The van der Waals surface area contributed by atoms with Crippen molar-refractivity contribution >= 4 is 24.2 Å². The Morgan fingerprint density at radius 1 is 1.67 bits per heavy atom. The smallest absolute Gasteiger partial charge is 0.141 e. The molecule has 1 aromatic heterocycles. The van der Waals surface area contributed by atoms with Crippen molar-refractivity contribution in [2.75, 3.05) is 0 Å². The van der Waals surface area contributed by atoms with Crippen LogP contribution in [0.4, 0.5) is 5.82 Å². The Bertz CT molecular complexity index is 198. The van der Waals surface area contributed by atoms with Gasteiger partial charge in [-0.3, -0.25) is 0 Å². The number of H-pyrrole nitrogens is 1. The number of hydrogen-bond acceptors (Lipinski definition) is 2. The molecule has 1 rings (SSSR count). The Labute approximate surface area is 58.7 Å². The van der Waals surface area contributed by atoms with Crippen molar-refractivity contribution in [3.8, 4) is 0 Å². The van der Waals surface area contributed by atoms with Gasteiger partial charge in [0.15, 0.2) is 0 Å². The van der Waals surface area contributed by atoms with Gasteiger partial charge in [0.25, 0.3) is 0 Å². The Morgan fingerprint density at radius 2 is 2.44 bits per heavy atom. The van der Waals surface area contributed by atoms with Crippen LogP contribution < -0.4 is 0 Å². The molecule has 0 aliphatic carbocycles. The quantitative estimate of drug-likeness (QED) is 0.564. The summed E-state index contributed by atoms with van der Waals surface area (Å²) >= 11 is 0. The van der Waals surface area contributed by atoms with Crippen LogP contribution in [0.5, 0.6) is 0 Å². The van der Waals surface area contributed by atoms with E-state index in [-0.39, 0.29) is 12.4 Å². The van der Waals surface area contributed by atoms with Gasteiger partial charge < -0.3 is 4.98 Å². The van der Waals surface area contributed by atoms with E-state index in [1.165, 1.54) is 0 Å². The molecule has 0 unspecified atom stereocenters. The first-order valence-corrected chi connectivity index (χ1v) is 2.19. The average molecular weight is 144 g/mol. The summed E-state index contributed by atoms with van der Waals surface area (Å²) in [5.41, 5.74) is 0. The highest BCUT2D eigenvalue weighted by atomic mass is 35.5. The molecule has 3 nitrogen and oxygen atoms in total. The van der Waals surface area contributed by atoms with Gasteiger partial charge in [-0.05, 0) is 12.1 Å². The minimum absolute atomic E-state index is 0. The fourth-order valence-corrected chi connectivity index (χ4v) is 0.451. The van der Waals surface area contributed by atoms with E-state index < -0.39 is 0 Å². The van der Waals surface area contributed by atoms with Crippen LogP contribution in [0, 0.1) is 5.41 Å². The third kappa shape index (κ3) is 2.13. The number of aromatic nitrogens is 1. The van der Waals surface area contributed by atoms with Gasteiger partial charge in [0.05, 0.1) is 6.01 Å². The van der Waals surface area contributed by atoms with Gasteiger partial charge in [0.1, 0.15) is 5.82 Å². The molecule has 0 saturated carbocycles. The normalized spacial score (nSPS) is 7.11. The van der Waals surface area contributed by atoms with Crippen molar-refractivity contribution in [3.63, 3.8) is 0 Å². The topological polar surface area (TPSA) is 52.0 Å². The molecule has 0 saturated heterocycles. The minimum atomic E-state index is 0. The predicted octanol–water partition coefficient (Wildman–Crippen LogP) is 1.82. The van der Waals surface area contributed by atoms with Crippen LogP contribution in [0.2, 0.25) is 0 Å². The largest absolute Gasteiger partial charge is 0.346 e. The molecule has 0 radical (unpaired) electrons. The van der Waals surface area contributed by atoms with Crippen molar-refractivity contribution < 1.29 is 0 Å².